The zero-order valence-corrected chi connectivity index (χ0v) is 6.72. The zero-order valence-electron chi connectivity index (χ0n) is 6.72. The predicted molar refractivity (Wildman–Crippen MR) is 38.3 cm³/mol. The van der Waals surface area contributed by atoms with E-state index in [0.717, 1.165) is 11.8 Å². The Balaban J connectivity index is 2.54. The number of hydrogen-bond donors (Lipinski definition) is 0. The standard InChI is InChI=1S/C8H16O/c1-5-6(2)8(4)9-7(5)3/h5-8H,1-4H3/t5-,6+,7+,8-. The summed E-state index contributed by atoms with van der Waals surface area (Å²) in [7, 11) is 0. The molecule has 0 unspecified atom stereocenters. The van der Waals surface area contributed by atoms with Crippen LogP contribution in [-0.2, 0) is 4.74 Å². The first-order valence-electron chi connectivity index (χ1n) is 3.78. The minimum atomic E-state index is 0.468. The summed E-state index contributed by atoms with van der Waals surface area (Å²) < 4.78 is 5.59. The smallest absolute Gasteiger partial charge is 0.0579 e. The van der Waals surface area contributed by atoms with Crippen molar-refractivity contribution in [2.45, 2.75) is 39.9 Å². The molecule has 0 N–H and O–H groups in total. The molecule has 1 saturated heterocycles. The van der Waals surface area contributed by atoms with Gasteiger partial charge in [-0.15, -0.1) is 0 Å². The highest BCUT2D eigenvalue weighted by molar-refractivity contribution is 4.80. The molecule has 1 fully saturated rings. The fourth-order valence-corrected chi connectivity index (χ4v) is 1.44. The van der Waals surface area contributed by atoms with Crippen molar-refractivity contribution < 1.29 is 4.74 Å². The molecule has 9 heavy (non-hydrogen) atoms. The summed E-state index contributed by atoms with van der Waals surface area (Å²) in [6.07, 6.45) is 0.935. The highest BCUT2D eigenvalue weighted by atomic mass is 16.5. The molecule has 54 valence electrons. The van der Waals surface area contributed by atoms with E-state index in [0.29, 0.717) is 12.2 Å². The topological polar surface area (TPSA) is 9.23 Å². The molecule has 0 spiro atoms. The average Bonchev–Trinajstić information content (AvgIpc) is 1.98. The summed E-state index contributed by atoms with van der Waals surface area (Å²) in [5.41, 5.74) is 0. The van der Waals surface area contributed by atoms with Crippen molar-refractivity contribution in [2.75, 3.05) is 0 Å². The molecule has 1 nitrogen and oxygen atoms in total. The lowest BCUT2D eigenvalue weighted by Gasteiger charge is -2.10. The highest BCUT2D eigenvalue weighted by Crippen LogP contribution is 2.30. The Bertz CT molecular complexity index is 88.7. The fourth-order valence-electron chi connectivity index (χ4n) is 1.44. The largest absolute Gasteiger partial charge is 0.375 e. The summed E-state index contributed by atoms with van der Waals surface area (Å²) >= 11 is 0. The summed E-state index contributed by atoms with van der Waals surface area (Å²) in [6.45, 7) is 8.84. The van der Waals surface area contributed by atoms with E-state index in [1.54, 1.807) is 0 Å². The van der Waals surface area contributed by atoms with Crippen LogP contribution in [0, 0.1) is 11.8 Å². The van der Waals surface area contributed by atoms with Crippen LogP contribution in [0.3, 0.4) is 0 Å². The van der Waals surface area contributed by atoms with Gasteiger partial charge < -0.3 is 4.74 Å². The molecule has 0 saturated carbocycles. The van der Waals surface area contributed by atoms with Crippen LogP contribution in [0.15, 0.2) is 0 Å². The first-order valence-corrected chi connectivity index (χ1v) is 3.78. The normalized spacial score (nSPS) is 52.0. The molecule has 1 aliphatic heterocycles. The summed E-state index contributed by atoms with van der Waals surface area (Å²) in [4.78, 5) is 0. The molecule has 0 aromatic carbocycles. The van der Waals surface area contributed by atoms with Gasteiger partial charge in [0.05, 0.1) is 12.2 Å². The van der Waals surface area contributed by atoms with E-state index in [1.807, 2.05) is 0 Å². The monoisotopic (exact) mass is 128 g/mol. The summed E-state index contributed by atoms with van der Waals surface area (Å²) in [6, 6.07) is 0. The molecule has 0 aliphatic carbocycles. The molecule has 0 amide bonds. The molecular weight excluding hydrogens is 112 g/mol. The van der Waals surface area contributed by atoms with Crippen molar-refractivity contribution in [1.82, 2.24) is 0 Å². The van der Waals surface area contributed by atoms with Crippen LogP contribution < -0.4 is 0 Å². The van der Waals surface area contributed by atoms with Crippen molar-refractivity contribution in [2.24, 2.45) is 11.8 Å². The molecule has 1 heterocycles. The second-order valence-corrected chi connectivity index (χ2v) is 3.26. The zero-order chi connectivity index (χ0) is 7.02. The lowest BCUT2D eigenvalue weighted by molar-refractivity contribution is 0.0524. The molecule has 1 aliphatic rings. The van der Waals surface area contributed by atoms with Crippen LogP contribution in [0.25, 0.3) is 0 Å². The minimum absolute atomic E-state index is 0.468. The van der Waals surface area contributed by atoms with Crippen molar-refractivity contribution in [3.63, 3.8) is 0 Å². The quantitative estimate of drug-likeness (QED) is 0.485. The number of hydrogen-bond acceptors (Lipinski definition) is 1. The first kappa shape index (κ1) is 7.07. The van der Waals surface area contributed by atoms with Gasteiger partial charge in [-0.25, -0.2) is 0 Å². The van der Waals surface area contributed by atoms with Gasteiger partial charge in [0.25, 0.3) is 0 Å². The summed E-state index contributed by atoms with van der Waals surface area (Å²) in [5.74, 6) is 1.47. The first-order chi connectivity index (χ1) is 4.13. The van der Waals surface area contributed by atoms with Gasteiger partial charge in [0.1, 0.15) is 0 Å². The Kier molecular flexibility index (Phi) is 1.80. The molecule has 0 aromatic rings. The lowest BCUT2D eigenvalue weighted by Crippen LogP contribution is -2.12. The molecule has 0 aromatic heterocycles. The van der Waals surface area contributed by atoms with Crippen LogP contribution in [0.1, 0.15) is 27.7 Å². The van der Waals surface area contributed by atoms with Crippen LogP contribution in [0.2, 0.25) is 0 Å². The lowest BCUT2D eigenvalue weighted by atomic mass is 9.92. The second-order valence-electron chi connectivity index (χ2n) is 3.26. The van der Waals surface area contributed by atoms with Crippen molar-refractivity contribution >= 4 is 0 Å². The van der Waals surface area contributed by atoms with E-state index >= 15 is 0 Å². The van der Waals surface area contributed by atoms with Gasteiger partial charge in [-0.3, -0.25) is 0 Å². The molecular formula is C8H16O. The molecule has 1 heteroatoms. The third-order valence-corrected chi connectivity index (χ3v) is 2.74. The van der Waals surface area contributed by atoms with Gasteiger partial charge in [-0.2, -0.15) is 0 Å². The van der Waals surface area contributed by atoms with Gasteiger partial charge in [0.2, 0.25) is 0 Å². The Morgan fingerprint density at radius 3 is 1.22 bits per heavy atom. The predicted octanol–water partition coefficient (Wildman–Crippen LogP) is 2.07. The number of ether oxygens (including phenoxy) is 1. The third-order valence-electron chi connectivity index (χ3n) is 2.74. The van der Waals surface area contributed by atoms with Crippen molar-refractivity contribution in [3.8, 4) is 0 Å². The Hall–Kier alpha value is -0.0400. The van der Waals surface area contributed by atoms with Crippen LogP contribution in [0.4, 0.5) is 0 Å². The van der Waals surface area contributed by atoms with E-state index in [2.05, 4.69) is 27.7 Å². The van der Waals surface area contributed by atoms with E-state index in [4.69, 9.17) is 4.74 Å². The highest BCUT2D eigenvalue weighted by Gasteiger charge is 2.32. The third kappa shape index (κ3) is 1.11. The van der Waals surface area contributed by atoms with Gasteiger partial charge in [0, 0.05) is 0 Å². The molecule has 0 radical (unpaired) electrons. The molecule has 1 rings (SSSR count). The van der Waals surface area contributed by atoms with Crippen LogP contribution in [0.5, 0.6) is 0 Å². The maximum Gasteiger partial charge on any atom is 0.0579 e. The Morgan fingerprint density at radius 2 is 1.11 bits per heavy atom. The van der Waals surface area contributed by atoms with Gasteiger partial charge in [0.15, 0.2) is 0 Å². The fraction of sp³-hybridized carbons (Fsp3) is 1.00. The summed E-state index contributed by atoms with van der Waals surface area (Å²) in [5, 5.41) is 0. The second kappa shape index (κ2) is 2.30. The van der Waals surface area contributed by atoms with E-state index in [1.165, 1.54) is 0 Å². The molecule has 4 atom stereocenters. The van der Waals surface area contributed by atoms with Gasteiger partial charge >= 0.3 is 0 Å². The Morgan fingerprint density at radius 1 is 0.778 bits per heavy atom. The van der Waals surface area contributed by atoms with Crippen molar-refractivity contribution in [3.05, 3.63) is 0 Å². The molecule has 0 bridgehead atoms. The number of rotatable bonds is 0. The maximum atomic E-state index is 5.59. The van der Waals surface area contributed by atoms with Crippen molar-refractivity contribution in [1.29, 1.82) is 0 Å². The van der Waals surface area contributed by atoms with Crippen LogP contribution >= 0.6 is 0 Å². The average molecular weight is 128 g/mol. The maximum absolute atomic E-state index is 5.59. The minimum Gasteiger partial charge on any atom is -0.375 e. The van der Waals surface area contributed by atoms with E-state index in [-0.39, 0.29) is 0 Å². The van der Waals surface area contributed by atoms with Gasteiger partial charge in [-0.05, 0) is 25.7 Å². The SMILES string of the molecule is C[C@@H]1[C@H](C)[C@@H](C)O[C@H]1C. The van der Waals surface area contributed by atoms with Gasteiger partial charge in [-0.1, -0.05) is 13.8 Å². The Labute approximate surface area is 57.4 Å². The van der Waals surface area contributed by atoms with E-state index in [9.17, 15) is 0 Å². The van der Waals surface area contributed by atoms with Crippen LogP contribution in [-0.4, -0.2) is 12.2 Å². The van der Waals surface area contributed by atoms with E-state index < -0.39 is 0 Å².